The highest BCUT2D eigenvalue weighted by Crippen LogP contribution is 2.37. The van der Waals surface area contributed by atoms with Gasteiger partial charge >= 0.3 is 12.4 Å². The van der Waals surface area contributed by atoms with Crippen molar-refractivity contribution in [2.75, 3.05) is 38.7 Å². The lowest BCUT2D eigenvalue weighted by Crippen LogP contribution is -2.50. The lowest BCUT2D eigenvalue weighted by atomic mass is 10.0. The van der Waals surface area contributed by atoms with Gasteiger partial charge in [0.15, 0.2) is 0 Å². The van der Waals surface area contributed by atoms with Crippen LogP contribution in [0.1, 0.15) is 22.7 Å². The normalized spacial score (nSPS) is 17.0. The van der Waals surface area contributed by atoms with E-state index in [-0.39, 0.29) is 6.07 Å². The van der Waals surface area contributed by atoms with E-state index in [9.17, 15) is 31.1 Å². The molecule has 0 saturated carbocycles. The summed E-state index contributed by atoms with van der Waals surface area (Å²) in [6, 6.07) is 6.74. The third kappa shape index (κ3) is 6.30. The molecule has 0 aromatic heterocycles. The van der Waals surface area contributed by atoms with Gasteiger partial charge in [0.2, 0.25) is 0 Å². The van der Waals surface area contributed by atoms with Crippen LogP contribution in [-0.4, -0.2) is 48.9 Å². The summed E-state index contributed by atoms with van der Waals surface area (Å²) >= 11 is 6.28. The van der Waals surface area contributed by atoms with Crippen molar-refractivity contribution < 1.29 is 31.1 Å². The molecule has 2 aromatic rings. The van der Waals surface area contributed by atoms with Crippen LogP contribution in [0.3, 0.4) is 0 Å². The fraction of sp³-hybridized carbons (Fsp3) is 0.381. The first-order valence-corrected chi connectivity index (χ1v) is 10.3. The molecule has 1 aliphatic rings. The summed E-state index contributed by atoms with van der Waals surface area (Å²) in [4.78, 5) is 17.0. The number of benzene rings is 2. The van der Waals surface area contributed by atoms with Crippen molar-refractivity contribution in [2.24, 2.45) is 0 Å². The Morgan fingerprint density at radius 1 is 0.939 bits per heavy atom. The molecule has 0 spiro atoms. The number of hydrogen-bond acceptors (Lipinski definition) is 4. The van der Waals surface area contributed by atoms with Crippen molar-refractivity contribution in [3.05, 3.63) is 64.2 Å². The molecule has 1 aliphatic heterocycles. The zero-order valence-corrected chi connectivity index (χ0v) is 18.2. The number of rotatable bonds is 5. The molecule has 0 aliphatic carbocycles. The Morgan fingerprint density at radius 3 is 2.00 bits per heavy atom. The number of nitrogens with zero attached hydrogens (tertiary/aromatic N) is 2. The number of halogens is 7. The van der Waals surface area contributed by atoms with Crippen LogP contribution in [-0.2, 0) is 17.1 Å². The van der Waals surface area contributed by atoms with Gasteiger partial charge in [-0.15, -0.1) is 0 Å². The Labute approximate surface area is 191 Å². The molecule has 1 atom stereocenters. The lowest BCUT2D eigenvalue weighted by Gasteiger charge is -2.37. The van der Waals surface area contributed by atoms with Gasteiger partial charge < -0.3 is 4.90 Å². The molecule has 1 heterocycles. The quantitative estimate of drug-likeness (QED) is 0.463. The van der Waals surface area contributed by atoms with E-state index in [4.69, 9.17) is 11.6 Å². The molecule has 12 heteroatoms. The molecule has 2 N–H and O–H groups in total. The topological polar surface area (TPSA) is 47.6 Å². The van der Waals surface area contributed by atoms with Crippen LogP contribution in [0.4, 0.5) is 32.0 Å². The molecule has 5 nitrogen and oxygen atoms in total. The first-order valence-electron chi connectivity index (χ1n) is 9.88. The van der Waals surface area contributed by atoms with Crippen LogP contribution >= 0.6 is 11.6 Å². The number of carbonyl (C=O) groups is 1. The lowest BCUT2D eigenvalue weighted by molar-refractivity contribution is -0.143. The summed E-state index contributed by atoms with van der Waals surface area (Å²) in [5.41, 5.74) is 1.40. The molecular formula is C21H21ClF6N4O. The van der Waals surface area contributed by atoms with Crippen LogP contribution in [0.5, 0.6) is 0 Å². The van der Waals surface area contributed by atoms with E-state index in [2.05, 4.69) is 15.8 Å². The van der Waals surface area contributed by atoms with Gasteiger partial charge in [0.1, 0.15) is 6.04 Å². The molecule has 33 heavy (non-hydrogen) atoms. The first-order chi connectivity index (χ1) is 15.4. The summed E-state index contributed by atoms with van der Waals surface area (Å²) in [7, 11) is 1.93. The van der Waals surface area contributed by atoms with Gasteiger partial charge in [0, 0.05) is 31.2 Å². The summed E-state index contributed by atoms with van der Waals surface area (Å²) < 4.78 is 78.6. The SMILES string of the molecule is CN1CCN(C(C(=O)NNc2cc(C(F)(F)F)cc(C(F)(F)F)c2)c2ccccc2Cl)CC1. The standard InChI is InChI=1S/C21H21ClF6N4O/c1-31-6-8-32(9-7-31)18(16-4-2-3-5-17(16)22)19(33)30-29-15-11-13(20(23,24)25)10-14(12-15)21(26,27)28/h2-5,10-12,18,29H,6-9H2,1H3,(H,30,33). The molecule has 3 rings (SSSR count). The number of piperazine rings is 1. The maximum absolute atomic E-state index is 13.1. The van der Waals surface area contributed by atoms with Gasteiger partial charge in [-0.3, -0.25) is 20.5 Å². The zero-order chi connectivity index (χ0) is 24.4. The van der Waals surface area contributed by atoms with Crippen molar-refractivity contribution in [1.82, 2.24) is 15.2 Å². The van der Waals surface area contributed by atoms with Crippen molar-refractivity contribution in [3.63, 3.8) is 0 Å². The molecule has 1 saturated heterocycles. The number of likely N-dealkylation sites (N-methyl/N-ethyl adjacent to an activating group) is 1. The fourth-order valence-corrected chi connectivity index (χ4v) is 3.75. The molecule has 0 bridgehead atoms. The largest absolute Gasteiger partial charge is 0.416 e. The number of hydrazine groups is 1. The fourth-order valence-electron chi connectivity index (χ4n) is 3.51. The van der Waals surface area contributed by atoms with Crippen molar-refractivity contribution in [2.45, 2.75) is 18.4 Å². The summed E-state index contributed by atoms with van der Waals surface area (Å²) in [6.45, 7) is 2.37. The molecule has 1 amide bonds. The number of amides is 1. The zero-order valence-electron chi connectivity index (χ0n) is 17.4. The van der Waals surface area contributed by atoms with E-state index < -0.39 is 41.1 Å². The van der Waals surface area contributed by atoms with Crippen LogP contribution in [0.15, 0.2) is 42.5 Å². The predicted molar refractivity (Wildman–Crippen MR) is 111 cm³/mol. The first kappa shape index (κ1) is 25.1. The van der Waals surface area contributed by atoms with E-state index in [1.54, 1.807) is 24.3 Å². The Morgan fingerprint density at radius 2 is 1.48 bits per heavy atom. The van der Waals surface area contributed by atoms with Crippen LogP contribution in [0.25, 0.3) is 0 Å². The third-order valence-corrected chi connectivity index (χ3v) is 5.61. The van der Waals surface area contributed by atoms with Gasteiger partial charge in [-0.25, -0.2) is 0 Å². The minimum Gasteiger partial charge on any atom is -0.304 e. The Kier molecular flexibility index (Phi) is 7.45. The Bertz CT molecular complexity index is 957. The van der Waals surface area contributed by atoms with Gasteiger partial charge in [0.05, 0.1) is 16.8 Å². The minimum atomic E-state index is -5.00. The molecule has 1 fully saturated rings. The van der Waals surface area contributed by atoms with Crippen molar-refractivity contribution in [3.8, 4) is 0 Å². The smallest absolute Gasteiger partial charge is 0.304 e. The summed E-state index contributed by atoms with van der Waals surface area (Å²) in [5.74, 6) is -0.668. The number of hydrogen-bond donors (Lipinski definition) is 2. The predicted octanol–water partition coefficient (Wildman–Crippen LogP) is 4.81. The van der Waals surface area contributed by atoms with E-state index in [0.717, 1.165) is 0 Å². The van der Waals surface area contributed by atoms with Crippen molar-refractivity contribution >= 4 is 23.2 Å². The van der Waals surface area contributed by atoms with Crippen LogP contribution < -0.4 is 10.9 Å². The number of carbonyl (C=O) groups excluding carboxylic acids is 1. The van der Waals surface area contributed by atoms with Gasteiger partial charge in [-0.1, -0.05) is 29.8 Å². The summed E-state index contributed by atoms with van der Waals surface area (Å²) in [6.07, 6.45) is -10.00. The monoisotopic (exact) mass is 494 g/mol. The van der Waals surface area contributed by atoms with Gasteiger partial charge in [0.25, 0.3) is 5.91 Å². The van der Waals surface area contributed by atoms with E-state index >= 15 is 0 Å². The van der Waals surface area contributed by atoms with Crippen LogP contribution in [0.2, 0.25) is 5.02 Å². The highest BCUT2D eigenvalue weighted by atomic mass is 35.5. The molecule has 1 unspecified atom stereocenters. The Balaban J connectivity index is 1.86. The summed E-state index contributed by atoms with van der Waals surface area (Å²) in [5, 5.41) is 0.315. The minimum absolute atomic E-state index is 0.0176. The highest BCUT2D eigenvalue weighted by Gasteiger charge is 2.37. The van der Waals surface area contributed by atoms with E-state index in [1.165, 1.54) is 0 Å². The van der Waals surface area contributed by atoms with Crippen molar-refractivity contribution in [1.29, 1.82) is 0 Å². The van der Waals surface area contributed by atoms with Crippen LogP contribution in [0, 0.1) is 0 Å². The molecular weight excluding hydrogens is 474 g/mol. The average molecular weight is 495 g/mol. The number of alkyl halides is 6. The average Bonchev–Trinajstić information content (AvgIpc) is 2.73. The Hall–Kier alpha value is -2.50. The molecule has 0 radical (unpaired) electrons. The molecule has 2 aromatic carbocycles. The maximum atomic E-state index is 13.1. The van der Waals surface area contributed by atoms with Gasteiger partial charge in [-0.2, -0.15) is 26.3 Å². The highest BCUT2D eigenvalue weighted by molar-refractivity contribution is 6.31. The van der Waals surface area contributed by atoms with E-state index in [1.807, 2.05) is 11.9 Å². The second kappa shape index (κ2) is 9.78. The molecule has 180 valence electrons. The maximum Gasteiger partial charge on any atom is 0.416 e. The number of nitrogens with one attached hydrogen (secondary N) is 2. The van der Waals surface area contributed by atoms with Gasteiger partial charge in [-0.05, 0) is 36.9 Å². The third-order valence-electron chi connectivity index (χ3n) is 5.27. The van der Waals surface area contributed by atoms with E-state index in [0.29, 0.717) is 48.9 Å². The second-order valence-corrected chi connectivity index (χ2v) is 8.08. The second-order valence-electron chi connectivity index (χ2n) is 7.67. The number of anilines is 1.